The zero-order valence-electron chi connectivity index (χ0n) is 16.6. The van der Waals surface area contributed by atoms with Crippen molar-refractivity contribution in [3.05, 3.63) is 24.3 Å². The number of guanidine groups is 1. The molecule has 1 aromatic rings. The van der Waals surface area contributed by atoms with Gasteiger partial charge in [-0.3, -0.25) is 4.99 Å². The first-order chi connectivity index (χ1) is 11.8. The Hall–Kier alpha value is -1.95. The molecule has 0 aliphatic carbocycles. The van der Waals surface area contributed by atoms with Gasteiger partial charge in [-0.1, -0.05) is 26.8 Å². The summed E-state index contributed by atoms with van der Waals surface area (Å²) >= 11 is 0. The maximum atomic E-state index is 5.90. The number of rotatable bonds is 8. The Labute approximate surface area is 152 Å². The fourth-order valence-electron chi connectivity index (χ4n) is 2.34. The summed E-state index contributed by atoms with van der Waals surface area (Å²) in [7, 11) is 5.13. The predicted molar refractivity (Wildman–Crippen MR) is 103 cm³/mol. The molecule has 2 N–H and O–H groups in total. The van der Waals surface area contributed by atoms with Gasteiger partial charge in [-0.15, -0.1) is 0 Å². The minimum atomic E-state index is -0.0218. The SMILES string of the molecule is CN=C(NCC(C)Oc1cccc(OC)c1)NCC(OC)C(C)(C)C. The molecule has 0 aliphatic heterocycles. The van der Waals surface area contributed by atoms with E-state index in [9.17, 15) is 0 Å². The highest BCUT2D eigenvalue weighted by molar-refractivity contribution is 5.79. The second-order valence-electron chi connectivity index (χ2n) is 7.03. The topological polar surface area (TPSA) is 64.1 Å². The van der Waals surface area contributed by atoms with Crippen LogP contribution in [0.5, 0.6) is 11.5 Å². The number of benzene rings is 1. The molecule has 0 amide bonds. The summed E-state index contributed by atoms with van der Waals surface area (Å²) in [6.07, 6.45) is 0.0722. The molecule has 0 spiro atoms. The third-order valence-corrected chi connectivity index (χ3v) is 3.86. The van der Waals surface area contributed by atoms with Gasteiger partial charge in [-0.05, 0) is 24.5 Å². The van der Waals surface area contributed by atoms with Crippen LogP contribution in [0.25, 0.3) is 0 Å². The van der Waals surface area contributed by atoms with Gasteiger partial charge in [0.2, 0.25) is 0 Å². The molecule has 0 saturated heterocycles. The highest BCUT2D eigenvalue weighted by Crippen LogP contribution is 2.21. The van der Waals surface area contributed by atoms with E-state index in [1.165, 1.54) is 0 Å². The molecule has 0 aliphatic rings. The van der Waals surface area contributed by atoms with E-state index >= 15 is 0 Å². The molecular weight excluding hydrogens is 318 g/mol. The largest absolute Gasteiger partial charge is 0.497 e. The lowest BCUT2D eigenvalue weighted by Crippen LogP contribution is -2.47. The molecule has 2 atom stereocenters. The summed E-state index contributed by atoms with van der Waals surface area (Å²) in [6, 6.07) is 7.59. The van der Waals surface area contributed by atoms with E-state index in [1.54, 1.807) is 21.3 Å². The molecular formula is C19H33N3O3. The first-order valence-electron chi connectivity index (χ1n) is 8.58. The van der Waals surface area contributed by atoms with Crippen molar-refractivity contribution >= 4 is 5.96 Å². The molecule has 6 nitrogen and oxygen atoms in total. The summed E-state index contributed by atoms with van der Waals surface area (Å²) in [6.45, 7) is 9.79. The van der Waals surface area contributed by atoms with Gasteiger partial charge in [0.25, 0.3) is 0 Å². The quantitative estimate of drug-likeness (QED) is 0.557. The maximum absolute atomic E-state index is 5.90. The number of hydrogen-bond donors (Lipinski definition) is 2. The molecule has 0 bridgehead atoms. The summed E-state index contributed by atoms with van der Waals surface area (Å²) < 4.78 is 16.7. The van der Waals surface area contributed by atoms with Crippen molar-refractivity contribution in [1.29, 1.82) is 0 Å². The van der Waals surface area contributed by atoms with Gasteiger partial charge in [0.1, 0.15) is 17.6 Å². The Morgan fingerprint density at radius 3 is 2.32 bits per heavy atom. The maximum Gasteiger partial charge on any atom is 0.191 e. The number of nitrogens with one attached hydrogen (secondary N) is 2. The van der Waals surface area contributed by atoms with E-state index in [1.807, 2.05) is 31.2 Å². The van der Waals surface area contributed by atoms with Gasteiger partial charge in [-0.25, -0.2) is 0 Å². The zero-order valence-corrected chi connectivity index (χ0v) is 16.6. The van der Waals surface area contributed by atoms with Crippen LogP contribution in [0.2, 0.25) is 0 Å². The fourth-order valence-corrected chi connectivity index (χ4v) is 2.34. The number of hydrogen-bond acceptors (Lipinski definition) is 4. The Kier molecular flexibility index (Phi) is 8.55. The molecule has 25 heavy (non-hydrogen) atoms. The van der Waals surface area contributed by atoms with Crippen molar-refractivity contribution in [2.75, 3.05) is 34.4 Å². The highest BCUT2D eigenvalue weighted by Gasteiger charge is 2.24. The Morgan fingerprint density at radius 1 is 1.12 bits per heavy atom. The molecule has 0 heterocycles. The van der Waals surface area contributed by atoms with E-state index in [4.69, 9.17) is 14.2 Å². The van der Waals surface area contributed by atoms with Crippen molar-refractivity contribution in [2.24, 2.45) is 10.4 Å². The summed E-state index contributed by atoms with van der Waals surface area (Å²) in [5, 5.41) is 6.58. The van der Waals surface area contributed by atoms with Crippen LogP contribution >= 0.6 is 0 Å². The van der Waals surface area contributed by atoms with Crippen molar-refractivity contribution in [1.82, 2.24) is 10.6 Å². The molecule has 0 radical (unpaired) electrons. The molecule has 1 rings (SSSR count). The first-order valence-corrected chi connectivity index (χ1v) is 8.58. The van der Waals surface area contributed by atoms with Crippen molar-refractivity contribution in [3.63, 3.8) is 0 Å². The molecule has 2 unspecified atom stereocenters. The van der Waals surface area contributed by atoms with E-state index in [-0.39, 0.29) is 17.6 Å². The Morgan fingerprint density at radius 2 is 1.76 bits per heavy atom. The summed E-state index contributed by atoms with van der Waals surface area (Å²) in [5.74, 6) is 2.29. The van der Waals surface area contributed by atoms with Gasteiger partial charge in [0.05, 0.1) is 19.8 Å². The van der Waals surface area contributed by atoms with E-state index in [0.29, 0.717) is 13.1 Å². The average molecular weight is 351 g/mol. The van der Waals surface area contributed by atoms with Gasteiger partial charge < -0.3 is 24.8 Å². The van der Waals surface area contributed by atoms with Crippen LogP contribution in [0.15, 0.2) is 29.3 Å². The minimum Gasteiger partial charge on any atom is -0.497 e. The van der Waals surface area contributed by atoms with Crippen molar-refractivity contribution < 1.29 is 14.2 Å². The third kappa shape index (κ3) is 7.65. The normalized spacial score (nSPS) is 14.6. The third-order valence-electron chi connectivity index (χ3n) is 3.86. The van der Waals surface area contributed by atoms with Gasteiger partial charge in [0.15, 0.2) is 5.96 Å². The molecule has 1 aromatic carbocycles. The lowest BCUT2D eigenvalue weighted by Gasteiger charge is -2.30. The van der Waals surface area contributed by atoms with Crippen LogP contribution in [0, 0.1) is 5.41 Å². The lowest BCUT2D eigenvalue weighted by molar-refractivity contribution is 0.0205. The van der Waals surface area contributed by atoms with E-state index in [0.717, 1.165) is 17.5 Å². The van der Waals surface area contributed by atoms with Gasteiger partial charge in [-0.2, -0.15) is 0 Å². The van der Waals surface area contributed by atoms with Crippen LogP contribution in [-0.4, -0.2) is 52.5 Å². The summed E-state index contributed by atoms with van der Waals surface area (Å²) in [4.78, 5) is 4.25. The average Bonchev–Trinajstić information content (AvgIpc) is 2.57. The van der Waals surface area contributed by atoms with Crippen LogP contribution in [0.3, 0.4) is 0 Å². The van der Waals surface area contributed by atoms with Crippen LogP contribution in [0.1, 0.15) is 27.7 Å². The van der Waals surface area contributed by atoms with Crippen LogP contribution in [-0.2, 0) is 4.74 Å². The molecule has 6 heteroatoms. The van der Waals surface area contributed by atoms with Gasteiger partial charge in [0, 0.05) is 26.8 Å². The van der Waals surface area contributed by atoms with Crippen LogP contribution in [0.4, 0.5) is 0 Å². The van der Waals surface area contributed by atoms with Gasteiger partial charge >= 0.3 is 0 Å². The number of ether oxygens (including phenoxy) is 3. The van der Waals surface area contributed by atoms with E-state index < -0.39 is 0 Å². The van der Waals surface area contributed by atoms with Crippen molar-refractivity contribution in [3.8, 4) is 11.5 Å². The minimum absolute atomic E-state index is 0.0218. The standard InChI is InChI=1S/C19H33N3O3/c1-14(25-16-10-8-9-15(11-16)23-6)12-21-18(20-5)22-13-17(24-7)19(2,3)4/h8-11,14,17H,12-13H2,1-7H3,(H2,20,21,22). The smallest absolute Gasteiger partial charge is 0.191 e. The lowest BCUT2D eigenvalue weighted by atomic mass is 9.89. The predicted octanol–water partition coefficient (Wildman–Crippen LogP) is 2.69. The number of methoxy groups -OCH3 is 2. The monoisotopic (exact) mass is 351 g/mol. The zero-order chi connectivity index (χ0) is 18.9. The Bertz CT molecular complexity index is 541. The molecule has 142 valence electrons. The Balaban J connectivity index is 2.45. The highest BCUT2D eigenvalue weighted by atomic mass is 16.5. The second-order valence-corrected chi connectivity index (χ2v) is 7.03. The van der Waals surface area contributed by atoms with Crippen LogP contribution < -0.4 is 20.1 Å². The number of nitrogens with zero attached hydrogens (tertiary/aromatic N) is 1. The van der Waals surface area contributed by atoms with E-state index in [2.05, 4.69) is 36.4 Å². The molecule has 0 fully saturated rings. The van der Waals surface area contributed by atoms with Crippen molar-refractivity contribution in [2.45, 2.75) is 39.9 Å². The fraction of sp³-hybridized carbons (Fsp3) is 0.632. The molecule has 0 aromatic heterocycles. The first kappa shape index (κ1) is 21.1. The number of aliphatic imine (C=N–C) groups is 1. The second kappa shape index (κ2) is 10.1. The molecule has 0 saturated carbocycles. The summed E-state index contributed by atoms with van der Waals surface area (Å²) in [5.41, 5.74) is 0.0589.